The number of rotatable bonds is 4. The van der Waals surface area contributed by atoms with Gasteiger partial charge >= 0.3 is 12.0 Å². The number of carbonyl (C=O) groups excluding carboxylic acids is 2. The maximum atomic E-state index is 11.5. The lowest BCUT2D eigenvalue weighted by molar-refractivity contribution is 0.0519. The zero-order valence-electron chi connectivity index (χ0n) is 10.1. The highest BCUT2D eigenvalue weighted by atomic mass is 35.5. The third-order valence-corrected chi connectivity index (χ3v) is 2.33. The first-order valence-corrected chi connectivity index (χ1v) is 5.74. The molecule has 0 bridgehead atoms. The van der Waals surface area contributed by atoms with Crippen molar-refractivity contribution in [1.82, 2.24) is 15.6 Å². The van der Waals surface area contributed by atoms with Gasteiger partial charge in [-0.3, -0.25) is 0 Å². The highest BCUT2D eigenvalue weighted by molar-refractivity contribution is 6.33. The van der Waals surface area contributed by atoms with Crippen LogP contribution in [0.15, 0.2) is 12.1 Å². The topological polar surface area (TPSA) is 80.3 Å². The van der Waals surface area contributed by atoms with Gasteiger partial charge in [0, 0.05) is 7.05 Å². The van der Waals surface area contributed by atoms with E-state index in [1.54, 1.807) is 19.1 Å². The Kier molecular flexibility index (Phi) is 5.38. The number of esters is 1. The largest absolute Gasteiger partial charge is 0.461 e. The van der Waals surface area contributed by atoms with Gasteiger partial charge in [-0.25, -0.2) is 14.6 Å². The Bertz CT molecular complexity index is 451. The fourth-order valence-corrected chi connectivity index (χ4v) is 1.37. The van der Waals surface area contributed by atoms with E-state index >= 15 is 0 Å². The van der Waals surface area contributed by atoms with E-state index in [2.05, 4.69) is 15.6 Å². The number of pyridine rings is 1. The molecule has 1 aromatic rings. The second-order valence-electron chi connectivity index (χ2n) is 3.29. The molecule has 0 atom stereocenters. The molecule has 0 radical (unpaired) electrons. The van der Waals surface area contributed by atoms with Gasteiger partial charge in [-0.15, -0.1) is 0 Å². The van der Waals surface area contributed by atoms with Crippen molar-refractivity contribution in [1.29, 1.82) is 0 Å². The van der Waals surface area contributed by atoms with E-state index in [0.29, 0.717) is 5.69 Å². The number of hydrogen-bond acceptors (Lipinski definition) is 4. The van der Waals surface area contributed by atoms with Crippen LogP contribution in [0.25, 0.3) is 0 Å². The molecule has 7 heteroatoms. The Balaban J connectivity index is 2.80. The number of urea groups is 1. The molecule has 0 saturated carbocycles. The van der Waals surface area contributed by atoms with Crippen LogP contribution in [-0.4, -0.2) is 30.6 Å². The van der Waals surface area contributed by atoms with Crippen molar-refractivity contribution in [3.8, 4) is 0 Å². The first kappa shape index (κ1) is 14.2. The molecule has 2 amide bonds. The van der Waals surface area contributed by atoms with Gasteiger partial charge in [-0.2, -0.15) is 0 Å². The van der Waals surface area contributed by atoms with Gasteiger partial charge in [-0.1, -0.05) is 11.6 Å². The average Bonchev–Trinajstić information content (AvgIpc) is 2.37. The Morgan fingerprint density at radius 2 is 2.17 bits per heavy atom. The molecule has 0 aliphatic carbocycles. The summed E-state index contributed by atoms with van der Waals surface area (Å²) < 4.78 is 4.82. The Morgan fingerprint density at radius 1 is 1.44 bits per heavy atom. The van der Waals surface area contributed by atoms with Gasteiger partial charge in [0.1, 0.15) is 0 Å². The Hall–Kier alpha value is -1.82. The molecule has 2 N–H and O–H groups in total. The third-order valence-electron chi connectivity index (χ3n) is 2.03. The predicted octanol–water partition coefficient (Wildman–Crippen LogP) is 1.34. The molecule has 98 valence electrons. The minimum Gasteiger partial charge on any atom is -0.461 e. The fraction of sp³-hybridized carbons (Fsp3) is 0.364. The monoisotopic (exact) mass is 271 g/mol. The summed E-state index contributed by atoms with van der Waals surface area (Å²) >= 11 is 5.85. The number of hydrogen-bond donors (Lipinski definition) is 2. The molecule has 1 aromatic heterocycles. The highest BCUT2D eigenvalue weighted by Gasteiger charge is 2.14. The lowest BCUT2D eigenvalue weighted by Crippen LogP contribution is -2.32. The maximum absolute atomic E-state index is 11.5. The number of halogens is 1. The van der Waals surface area contributed by atoms with Crippen molar-refractivity contribution in [2.75, 3.05) is 13.7 Å². The molecule has 18 heavy (non-hydrogen) atoms. The first-order chi connectivity index (χ1) is 8.58. The number of carbonyl (C=O) groups is 2. The van der Waals surface area contributed by atoms with Crippen molar-refractivity contribution in [2.24, 2.45) is 0 Å². The minimum absolute atomic E-state index is 0.0507. The normalized spacial score (nSPS) is 9.72. The van der Waals surface area contributed by atoms with Crippen LogP contribution in [0, 0.1) is 0 Å². The molecule has 0 aliphatic heterocycles. The second-order valence-corrected chi connectivity index (χ2v) is 3.69. The Morgan fingerprint density at radius 3 is 2.78 bits per heavy atom. The van der Waals surface area contributed by atoms with Crippen molar-refractivity contribution >= 4 is 23.6 Å². The van der Waals surface area contributed by atoms with Crippen LogP contribution >= 0.6 is 11.6 Å². The van der Waals surface area contributed by atoms with Crippen LogP contribution in [-0.2, 0) is 11.3 Å². The average molecular weight is 272 g/mol. The lowest BCUT2D eigenvalue weighted by atomic mass is 10.3. The zero-order valence-corrected chi connectivity index (χ0v) is 10.9. The number of amides is 2. The van der Waals surface area contributed by atoms with E-state index in [0.717, 1.165) is 0 Å². The van der Waals surface area contributed by atoms with Gasteiger partial charge in [0.05, 0.1) is 23.9 Å². The van der Waals surface area contributed by atoms with E-state index < -0.39 is 5.97 Å². The second kappa shape index (κ2) is 6.80. The third kappa shape index (κ3) is 3.89. The van der Waals surface area contributed by atoms with E-state index in [4.69, 9.17) is 16.3 Å². The summed E-state index contributed by atoms with van der Waals surface area (Å²) in [6, 6.07) is 2.84. The molecule has 0 unspecified atom stereocenters. The summed E-state index contributed by atoms with van der Waals surface area (Å²) in [5.74, 6) is -0.579. The summed E-state index contributed by atoms with van der Waals surface area (Å²) in [6.07, 6.45) is 0. The molecule has 0 spiro atoms. The van der Waals surface area contributed by atoms with Crippen LogP contribution < -0.4 is 10.6 Å². The summed E-state index contributed by atoms with van der Waals surface area (Å²) in [5, 5.41) is 5.19. The number of ether oxygens (including phenoxy) is 1. The van der Waals surface area contributed by atoms with Gasteiger partial charge in [0.25, 0.3) is 0 Å². The van der Waals surface area contributed by atoms with E-state index in [1.807, 2.05) is 0 Å². The summed E-state index contributed by atoms with van der Waals surface area (Å²) in [6.45, 7) is 2.14. The Labute approximate surface area is 110 Å². The SMILES string of the molecule is CCOC(=O)c1nc(CNC(=O)NC)ccc1Cl. The van der Waals surface area contributed by atoms with Crippen LogP contribution in [0.3, 0.4) is 0 Å². The zero-order chi connectivity index (χ0) is 13.5. The van der Waals surface area contributed by atoms with Crippen LogP contribution in [0.5, 0.6) is 0 Å². The molecule has 1 heterocycles. The van der Waals surface area contributed by atoms with Gasteiger partial charge in [0.15, 0.2) is 5.69 Å². The predicted molar refractivity (Wildman–Crippen MR) is 66.5 cm³/mol. The van der Waals surface area contributed by atoms with Crippen molar-refractivity contribution in [2.45, 2.75) is 13.5 Å². The van der Waals surface area contributed by atoms with Crippen molar-refractivity contribution in [3.63, 3.8) is 0 Å². The molecule has 0 aliphatic rings. The van der Waals surface area contributed by atoms with Crippen LogP contribution in [0.4, 0.5) is 4.79 Å². The van der Waals surface area contributed by atoms with Gasteiger partial charge < -0.3 is 15.4 Å². The standard InChI is InChI=1S/C11H14ClN3O3/c1-3-18-10(16)9-8(12)5-4-7(15-9)6-14-11(17)13-2/h4-5H,3,6H2,1-2H3,(H2,13,14,17). The van der Waals surface area contributed by atoms with Crippen LogP contribution in [0.1, 0.15) is 23.1 Å². The van der Waals surface area contributed by atoms with E-state index in [-0.39, 0.29) is 29.9 Å². The summed E-state index contributed by atoms with van der Waals surface area (Å²) in [4.78, 5) is 26.6. The van der Waals surface area contributed by atoms with Gasteiger partial charge in [-0.05, 0) is 19.1 Å². The highest BCUT2D eigenvalue weighted by Crippen LogP contribution is 2.15. The number of nitrogens with one attached hydrogen (secondary N) is 2. The quantitative estimate of drug-likeness (QED) is 0.810. The molecule has 0 saturated heterocycles. The van der Waals surface area contributed by atoms with E-state index in [9.17, 15) is 9.59 Å². The van der Waals surface area contributed by atoms with Crippen LogP contribution in [0.2, 0.25) is 5.02 Å². The molecular weight excluding hydrogens is 258 g/mol. The fourth-order valence-electron chi connectivity index (χ4n) is 1.18. The van der Waals surface area contributed by atoms with Crippen molar-refractivity contribution < 1.29 is 14.3 Å². The summed E-state index contributed by atoms with van der Waals surface area (Å²) in [5.41, 5.74) is 0.570. The number of nitrogens with zero attached hydrogens (tertiary/aromatic N) is 1. The van der Waals surface area contributed by atoms with Gasteiger partial charge in [0.2, 0.25) is 0 Å². The molecular formula is C11H14ClN3O3. The molecule has 0 aromatic carbocycles. The van der Waals surface area contributed by atoms with Crippen molar-refractivity contribution in [3.05, 3.63) is 28.5 Å². The lowest BCUT2D eigenvalue weighted by Gasteiger charge is -2.07. The minimum atomic E-state index is -0.579. The molecule has 0 fully saturated rings. The van der Waals surface area contributed by atoms with E-state index in [1.165, 1.54) is 7.05 Å². The molecule has 1 rings (SSSR count). The number of aromatic nitrogens is 1. The first-order valence-electron chi connectivity index (χ1n) is 5.36. The maximum Gasteiger partial charge on any atom is 0.358 e. The smallest absolute Gasteiger partial charge is 0.358 e. The molecule has 6 nitrogen and oxygen atoms in total. The summed E-state index contributed by atoms with van der Waals surface area (Å²) in [7, 11) is 1.51.